The van der Waals surface area contributed by atoms with Gasteiger partial charge in [0, 0.05) is 6.08 Å². The van der Waals surface area contributed by atoms with Gasteiger partial charge >= 0.3 is 5.97 Å². The van der Waals surface area contributed by atoms with Gasteiger partial charge in [-0.05, 0) is 11.6 Å². The maximum atomic E-state index is 11.4. The van der Waals surface area contributed by atoms with Crippen LogP contribution < -0.4 is 5.32 Å². The molecule has 1 rings (SSSR count). The van der Waals surface area contributed by atoms with Crippen LogP contribution >= 0.6 is 0 Å². The fraction of sp³-hybridized carbons (Fsp3) is 0.133. The van der Waals surface area contributed by atoms with E-state index in [0.29, 0.717) is 18.8 Å². The van der Waals surface area contributed by atoms with E-state index in [9.17, 15) is 4.79 Å². The van der Waals surface area contributed by atoms with Gasteiger partial charge in [-0.25, -0.2) is 4.79 Å². The number of hydrogen-bond donors (Lipinski definition) is 1. The summed E-state index contributed by atoms with van der Waals surface area (Å²) < 4.78 is 4.97. The van der Waals surface area contributed by atoms with Crippen LogP contribution in [0.1, 0.15) is 5.56 Å². The van der Waals surface area contributed by atoms with Crippen LogP contribution in [0.2, 0.25) is 0 Å². The number of rotatable bonds is 6. The van der Waals surface area contributed by atoms with Crippen LogP contribution in [0.3, 0.4) is 0 Å². The molecular formula is C15H15NO2. The molecule has 0 aliphatic carbocycles. The molecule has 1 N–H and O–H groups in total. The summed E-state index contributed by atoms with van der Waals surface area (Å²) in [4.78, 5) is 11.4. The standard InChI is InChI=1S/C15H15NO2/c1-3-11-16-12-13(2)18-15(17)10-9-14-7-5-4-6-8-14/h1,4-10,16H,2,11-12H2/b10-9+. The van der Waals surface area contributed by atoms with Gasteiger partial charge in [0.05, 0.1) is 13.1 Å². The number of hydrogen-bond acceptors (Lipinski definition) is 3. The first-order valence-corrected chi connectivity index (χ1v) is 5.49. The van der Waals surface area contributed by atoms with Crippen LogP contribution in [0.25, 0.3) is 6.08 Å². The molecule has 0 bridgehead atoms. The Hall–Kier alpha value is -2.31. The van der Waals surface area contributed by atoms with E-state index in [4.69, 9.17) is 11.2 Å². The van der Waals surface area contributed by atoms with Gasteiger partial charge in [-0.3, -0.25) is 5.32 Å². The zero-order chi connectivity index (χ0) is 13.2. The number of ether oxygens (including phenoxy) is 1. The highest BCUT2D eigenvalue weighted by Crippen LogP contribution is 2.02. The third kappa shape index (κ3) is 5.69. The van der Waals surface area contributed by atoms with Gasteiger partial charge in [0.15, 0.2) is 0 Å². The minimum absolute atomic E-state index is 0.341. The number of benzene rings is 1. The highest BCUT2D eigenvalue weighted by Gasteiger charge is 2.00. The molecule has 0 unspecified atom stereocenters. The molecule has 0 fully saturated rings. The second-order valence-corrected chi connectivity index (χ2v) is 3.51. The van der Waals surface area contributed by atoms with Crippen molar-refractivity contribution in [1.82, 2.24) is 5.32 Å². The summed E-state index contributed by atoms with van der Waals surface area (Å²) in [5.74, 6) is 2.30. The summed E-state index contributed by atoms with van der Waals surface area (Å²) in [7, 11) is 0. The molecule has 0 radical (unpaired) electrons. The van der Waals surface area contributed by atoms with Gasteiger partial charge in [-0.15, -0.1) is 6.42 Å². The minimum atomic E-state index is -0.452. The molecule has 0 heterocycles. The van der Waals surface area contributed by atoms with Crippen molar-refractivity contribution in [2.75, 3.05) is 13.1 Å². The first-order valence-electron chi connectivity index (χ1n) is 5.49. The van der Waals surface area contributed by atoms with Crippen molar-refractivity contribution in [1.29, 1.82) is 0 Å². The summed E-state index contributed by atoms with van der Waals surface area (Å²) in [6.07, 6.45) is 8.11. The lowest BCUT2D eigenvalue weighted by molar-refractivity contribution is -0.133. The maximum absolute atomic E-state index is 11.4. The van der Waals surface area contributed by atoms with Crippen molar-refractivity contribution in [3.05, 3.63) is 54.3 Å². The highest BCUT2D eigenvalue weighted by atomic mass is 16.5. The monoisotopic (exact) mass is 241 g/mol. The smallest absolute Gasteiger partial charge is 0.335 e. The highest BCUT2D eigenvalue weighted by molar-refractivity contribution is 5.87. The summed E-state index contributed by atoms with van der Waals surface area (Å²) in [6.45, 7) is 4.38. The van der Waals surface area contributed by atoms with Crippen LogP contribution in [0.15, 0.2) is 48.7 Å². The summed E-state index contributed by atoms with van der Waals surface area (Å²) in [5.41, 5.74) is 0.936. The predicted octanol–water partition coefficient (Wildman–Crippen LogP) is 1.98. The Bertz CT molecular complexity index is 469. The molecular weight excluding hydrogens is 226 g/mol. The Morgan fingerprint density at radius 1 is 1.44 bits per heavy atom. The zero-order valence-corrected chi connectivity index (χ0v) is 10.1. The Kier molecular flexibility index (Phi) is 6.02. The Morgan fingerprint density at radius 2 is 2.17 bits per heavy atom. The van der Waals surface area contributed by atoms with Crippen LogP contribution in [0.4, 0.5) is 0 Å². The SMILES string of the molecule is C#CCNCC(=C)OC(=O)/C=C/c1ccccc1. The number of nitrogens with one attached hydrogen (secondary N) is 1. The van der Waals surface area contributed by atoms with Gasteiger partial charge in [0.25, 0.3) is 0 Å². The van der Waals surface area contributed by atoms with Crippen molar-refractivity contribution in [3.63, 3.8) is 0 Å². The van der Waals surface area contributed by atoms with Gasteiger partial charge in [-0.2, -0.15) is 0 Å². The maximum Gasteiger partial charge on any atom is 0.335 e. The number of carbonyl (C=O) groups excluding carboxylic acids is 1. The molecule has 0 atom stereocenters. The second-order valence-electron chi connectivity index (χ2n) is 3.51. The molecule has 0 amide bonds. The van der Waals surface area contributed by atoms with E-state index in [1.54, 1.807) is 6.08 Å². The van der Waals surface area contributed by atoms with E-state index < -0.39 is 5.97 Å². The fourth-order valence-electron chi connectivity index (χ4n) is 1.21. The average Bonchev–Trinajstić information content (AvgIpc) is 2.38. The lowest BCUT2D eigenvalue weighted by atomic mass is 10.2. The van der Waals surface area contributed by atoms with E-state index in [2.05, 4.69) is 17.8 Å². The average molecular weight is 241 g/mol. The minimum Gasteiger partial charge on any atom is -0.427 e. The van der Waals surface area contributed by atoms with Crippen molar-refractivity contribution in [3.8, 4) is 12.3 Å². The van der Waals surface area contributed by atoms with Gasteiger partial charge in [-0.1, -0.05) is 42.8 Å². The molecule has 0 spiro atoms. The molecule has 0 saturated heterocycles. The van der Waals surface area contributed by atoms with Crippen LogP contribution in [-0.2, 0) is 9.53 Å². The van der Waals surface area contributed by atoms with E-state index in [0.717, 1.165) is 5.56 Å². The molecule has 18 heavy (non-hydrogen) atoms. The molecule has 0 aliphatic heterocycles. The Labute approximate surface area is 107 Å². The van der Waals surface area contributed by atoms with E-state index in [1.165, 1.54) is 6.08 Å². The van der Waals surface area contributed by atoms with Gasteiger partial charge in [0.2, 0.25) is 0 Å². The normalized spacial score (nSPS) is 9.94. The van der Waals surface area contributed by atoms with Crippen LogP contribution in [0, 0.1) is 12.3 Å². The molecule has 1 aromatic carbocycles. The first kappa shape index (κ1) is 13.8. The topological polar surface area (TPSA) is 38.3 Å². The summed E-state index contributed by atoms with van der Waals surface area (Å²) in [5, 5.41) is 2.88. The predicted molar refractivity (Wildman–Crippen MR) is 72.4 cm³/mol. The largest absolute Gasteiger partial charge is 0.427 e. The van der Waals surface area contributed by atoms with E-state index >= 15 is 0 Å². The Morgan fingerprint density at radius 3 is 2.83 bits per heavy atom. The van der Waals surface area contributed by atoms with Crippen LogP contribution in [-0.4, -0.2) is 19.1 Å². The number of terminal acetylenes is 1. The molecule has 0 aromatic heterocycles. The zero-order valence-electron chi connectivity index (χ0n) is 10.1. The summed E-state index contributed by atoms with van der Waals surface area (Å²) >= 11 is 0. The Balaban J connectivity index is 2.36. The van der Waals surface area contributed by atoms with E-state index in [1.807, 2.05) is 30.3 Å². The first-order chi connectivity index (χ1) is 8.72. The summed E-state index contributed by atoms with van der Waals surface area (Å²) in [6, 6.07) is 9.50. The van der Waals surface area contributed by atoms with Crippen molar-refractivity contribution >= 4 is 12.0 Å². The van der Waals surface area contributed by atoms with Crippen molar-refractivity contribution in [2.45, 2.75) is 0 Å². The molecule has 92 valence electrons. The fourth-order valence-corrected chi connectivity index (χ4v) is 1.21. The molecule has 3 nitrogen and oxygen atoms in total. The van der Waals surface area contributed by atoms with Crippen molar-refractivity contribution < 1.29 is 9.53 Å². The quantitative estimate of drug-likeness (QED) is 0.272. The molecule has 1 aromatic rings. The lowest BCUT2D eigenvalue weighted by Gasteiger charge is -2.04. The van der Waals surface area contributed by atoms with Crippen molar-refractivity contribution in [2.24, 2.45) is 0 Å². The second kappa shape index (κ2) is 7.88. The number of esters is 1. The molecule has 3 heteroatoms. The van der Waals surface area contributed by atoms with Gasteiger partial charge < -0.3 is 4.74 Å². The third-order valence-electron chi connectivity index (χ3n) is 2.01. The van der Waals surface area contributed by atoms with E-state index in [-0.39, 0.29) is 0 Å². The van der Waals surface area contributed by atoms with Gasteiger partial charge in [0.1, 0.15) is 5.76 Å². The number of carbonyl (C=O) groups is 1. The third-order valence-corrected chi connectivity index (χ3v) is 2.01. The molecule has 0 saturated carbocycles. The molecule has 0 aliphatic rings. The van der Waals surface area contributed by atoms with Crippen LogP contribution in [0.5, 0.6) is 0 Å². The lowest BCUT2D eigenvalue weighted by Crippen LogP contribution is -2.19.